The third kappa shape index (κ3) is 4.46. The van der Waals surface area contributed by atoms with Gasteiger partial charge in [-0.15, -0.1) is 0 Å². The number of fused-ring (bicyclic) bond motifs is 1. The predicted octanol–water partition coefficient (Wildman–Crippen LogP) is 3.88. The summed E-state index contributed by atoms with van der Waals surface area (Å²) >= 11 is 0. The summed E-state index contributed by atoms with van der Waals surface area (Å²) in [5, 5.41) is 0. The van der Waals surface area contributed by atoms with Crippen LogP contribution < -0.4 is 15.4 Å². The van der Waals surface area contributed by atoms with Crippen molar-refractivity contribution in [1.29, 1.82) is 0 Å². The van der Waals surface area contributed by atoms with E-state index in [9.17, 15) is 4.79 Å². The number of hydrogen-bond acceptors (Lipinski definition) is 5. The highest BCUT2D eigenvalue weighted by Crippen LogP contribution is 2.33. The second-order valence-electron chi connectivity index (χ2n) is 7.78. The number of amides is 1. The minimum atomic E-state index is 0.0364. The maximum absolute atomic E-state index is 12.5. The van der Waals surface area contributed by atoms with E-state index in [1.54, 1.807) is 4.90 Å². The molecule has 6 heteroatoms. The molecule has 3 rings (SSSR count). The number of nitrogen functional groups attached to an aromatic ring is 1. The molecule has 1 saturated carbocycles. The van der Waals surface area contributed by atoms with Crippen LogP contribution in [-0.4, -0.2) is 28.5 Å². The van der Waals surface area contributed by atoms with Gasteiger partial charge >= 0.3 is 6.01 Å². The van der Waals surface area contributed by atoms with Crippen molar-refractivity contribution in [3.8, 4) is 6.01 Å². The van der Waals surface area contributed by atoms with E-state index in [1.165, 1.54) is 38.5 Å². The van der Waals surface area contributed by atoms with Crippen LogP contribution in [0.1, 0.15) is 77.2 Å². The molecule has 144 valence electrons. The summed E-state index contributed by atoms with van der Waals surface area (Å²) in [4.78, 5) is 23.0. The fraction of sp³-hybridized carbons (Fsp3) is 0.750. The molecule has 1 amide bonds. The zero-order valence-corrected chi connectivity index (χ0v) is 16.2. The molecule has 1 aromatic rings. The van der Waals surface area contributed by atoms with E-state index in [0.717, 1.165) is 30.7 Å². The average molecular weight is 361 g/mol. The number of hydrogen-bond donors (Lipinski definition) is 1. The van der Waals surface area contributed by atoms with Gasteiger partial charge in [-0.2, -0.15) is 9.97 Å². The molecule has 1 aliphatic heterocycles. The largest absolute Gasteiger partial charge is 0.460 e. The van der Waals surface area contributed by atoms with Crippen molar-refractivity contribution in [3.63, 3.8) is 0 Å². The molecular formula is C20H32N4O2. The second kappa shape index (κ2) is 8.69. The molecule has 0 saturated heterocycles. The minimum Gasteiger partial charge on any atom is -0.460 e. The third-order valence-corrected chi connectivity index (χ3v) is 5.60. The van der Waals surface area contributed by atoms with Gasteiger partial charge < -0.3 is 10.5 Å². The molecule has 0 unspecified atom stereocenters. The molecule has 1 fully saturated rings. The van der Waals surface area contributed by atoms with Gasteiger partial charge in [-0.3, -0.25) is 9.69 Å². The molecule has 2 heterocycles. The van der Waals surface area contributed by atoms with Crippen molar-refractivity contribution in [3.05, 3.63) is 5.56 Å². The molecule has 2 aliphatic rings. The number of carbonyl (C=O) groups excluding carboxylic acids is 1. The lowest BCUT2D eigenvalue weighted by Gasteiger charge is -2.23. The Labute approximate surface area is 156 Å². The zero-order chi connectivity index (χ0) is 18.5. The van der Waals surface area contributed by atoms with E-state index in [-0.39, 0.29) is 18.0 Å². The summed E-state index contributed by atoms with van der Waals surface area (Å²) in [5.74, 6) is 1.93. The normalized spacial score (nSPS) is 18.8. The topological polar surface area (TPSA) is 81.3 Å². The highest BCUT2D eigenvalue weighted by molar-refractivity contribution is 6.01. The Bertz CT molecular complexity index is 628. The van der Waals surface area contributed by atoms with Gasteiger partial charge in [-0.05, 0) is 32.1 Å². The summed E-state index contributed by atoms with van der Waals surface area (Å²) < 4.78 is 5.80. The summed E-state index contributed by atoms with van der Waals surface area (Å²) in [6, 6.07) is 0.286. The average Bonchev–Trinajstić information content (AvgIpc) is 2.93. The van der Waals surface area contributed by atoms with E-state index < -0.39 is 0 Å². The van der Waals surface area contributed by atoms with E-state index in [2.05, 4.69) is 16.9 Å². The Balaban J connectivity index is 1.65. The lowest BCUT2D eigenvalue weighted by molar-refractivity contribution is -0.117. The van der Waals surface area contributed by atoms with Crippen LogP contribution in [0.2, 0.25) is 0 Å². The SMILES string of the molecule is CCC[C@H](C)Oc1nc(N)c2c(n1)N(CCCC1CCCCC1)C(=O)C2. The van der Waals surface area contributed by atoms with Crippen LogP contribution in [0.4, 0.5) is 11.6 Å². The first kappa shape index (κ1) is 18.9. The molecule has 6 nitrogen and oxygen atoms in total. The van der Waals surface area contributed by atoms with Crippen LogP contribution in [0.15, 0.2) is 0 Å². The summed E-state index contributed by atoms with van der Waals surface area (Å²) in [7, 11) is 0. The van der Waals surface area contributed by atoms with Crippen LogP contribution in [0.3, 0.4) is 0 Å². The maximum atomic E-state index is 12.5. The van der Waals surface area contributed by atoms with Crippen LogP contribution in [0.5, 0.6) is 6.01 Å². The molecule has 0 bridgehead atoms. The Morgan fingerprint density at radius 3 is 2.77 bits per heavy atom. The maximum Gasteiger partial charge on any atom is 0.320 e. The molecule has 26 heavy (non-hydrogen) atoms. The number of nitrogens with zero attached hydrogens (tertiary/aromatic N) is 3. The lowest BCUT2D eigenvalue weighted by Crippen LogP contribution is -2.29. The molecule has 1 atom stereocenters. The smallest absolute Gasteiger partial charge is 0.320 e. The Kier molecular flexibility index (Phi) is 6.33. The monoisotopic (exact) mass is 360 g/mol. The van der Waals surface area contributed by atoms with Crippen molar-refractivity contribution in [2.75, 3.05) is 17.2 Å². The first-order valence-corrected chi connectivity index (χ1v) is 10.2. The molecule has 0 radical (unpaired) electrons. The zero-order valence-electron chi connectivity index (χ0n) is 16.2. The molecule has 1 aromatic heterocycles. The quantitative estimate of drug-likeness (QED) is 0.761. The minimum absolute atomic E-state index is 0.0364. The molecule has 0 aromatic carbocycles. The van der Waals surface area contributed by atoms with Gasteiger partial charge in [-0.1, -0.05) is 45.4 Å². The van der Waals surface area contributed by atoms with Gasteiger partial charge in [0.05, 0.1) is 12.5 Å². The van der Waals surface area contributed by atoms with Gasteiger partial charge in [0.15, 0.2) is 0 Å². The lowest BCUT2D eigenvalue weighted by atomic mass is 9.86. The van der Waals surface area contributed by atoms with Crippen molar-refractivity contribution in [2.45, 2.75) is 84.2 Å². The van der Waals surface area contributed by atoms with Crippen molar-refractivity contribution in [1.82, 2.24) is 9.97 Å². The van der Waals surface area contributed by atoms with E-state index in [4.69, 9.17) is 10.5 Å². The molecule has 2 N–H and O–H groups in total. The Morgan fingerprint density at radius 2 is 2.04 bits per heavy atom. The fourth-order valence-electron chi connectivity index (χ4n) is 4.17. The van der Waals surface area contributed by atoms with Crippen molar-refractivity contribution < 1.29 is 9.53 Å². The third-order valence-electron chi connectivity index (χ3n) is 5.60. The number of nitrogens with two attached hydrogens (primary N) is 1. The molecule has 0 spiro atoms. The second-order valence-corrected chi connectivity index (χ2v) is 7.78. The number of rotatable bonds is 8. The summed E-state index contributed by atoms with van der Waals surface area (Å²) in [5.41, 5.74) is 6.84. The molecular weight excluding hydrogens is 328 g/mol. The van der Waals surface area contributed by atoms with Crippen LogP contribution >= 0.6 is 0 Å². The van der Waals surface area contributed by atoms with Gasteiger partial charge in [0.1, 0.15) is 11.6 Å². The standard InChI is InChI=1S/C20H32N4O2/c1-3-8-14(2)26-20-22-18(21)16-13-17(25)24(19(16)23-20)12-7-11-15-9-5-4-6-10-15/h14-15H,3-13H2,1-2H3,(H2,21,22,23)/t14-/m0/s1. The first-order valence-electron chi connectivity index (χ1n) is 10.2. The number of carbonyl (C=O) groups is 1. The van der Waals surface area contributed by atoms with E-state index in [1.807, 2.05) is 6.92 Å². The van der Waals surface area contributed by atoms with Crippen LogP contribution in [0, 0.1) is 5.92 Å². The molecule has 1 aliphatic carbocycles. The van der Waals surface area contributed by atoms with E-state index in [0.29, 0.717) is 24.6 Å². The van der Waals surface area contributed by atoms with Crippen LogP contribution in [0.25, 0.3) is 0 Å². The van der Waals surface area contributed by atoms with Gasteiger partial charge in [0.2, 0.25) is 5.91 Å². The predicted molar refractivity (Wildman–Crippen MR) is 103 cm³/mol. The van der Waals surface area contributed by atoms with E-state index >= 15 is 0 Å². The Morgan fingerprint density at radius 1 is 1.27 bits per heavy atom. The highest BCUT2D eigenvalue weighted by atomic mass is 16.5. The van der Waals surface area contributed by atoms with Gasteiger partial charge in [0, 0.05) is 12.1 Å². The first-order chi connectivity index (χ1) is 12.6. The number of anilines is 2. The fourth-order valence-corrected chi connectivity index (χ4v) is 4.17. The van der Waals surface area contributed by atoms with Crippen molar-refractivity contribution >= 4 is 17.5 Å². The van der Waals surface area contributed by atoms with Gasteiger partial charge in [-0.25, -0.2) is 0 Å². The number of aromatic nitrogens is 2. The Hall–Kier alpha value is -1.85. The van der Waals surface area contributed by atoms with Crippen LogP contribution in [-0.2, 0) is 11.2 Å². The van der Waals surface area contributed by atoms with Gasteiger partial charge in [0.25, 0.3) is 0 Å². The highest BCUT2D eigenvalue weighted by Gasteiger charge is 2.32. The summed E-state index contributed by atoms with van der Waals surface area (Å²) in [6.45, 7) is 4.83. The summed E-state index contributed by atoms with van der Waals surface area (Å²) in [6.07, 6.45) is 11.3. The van der Waals surface area contributed by atoms with Crippen molar-refractivity contribution in [2.24, 2.45) is 5.92 Å². The number of ether oxygens (including phenoxy) is 1.